The highest BCUT2D eigenvalue weighted by molar-refractivity contribution is 6.06. The maximum Gasteiger partial charge on any atom is 0.254 e. The number of hydrogen-bond acceptors (Lipinski definition) is 6. The third-order valence-electron chi connectivity index (χ3n) is 5.54. The van der Waals surface area contributed by atoms with Gasteiger partial charge in [-0.05, 0) is 26.3 Å². The minimum absolute atomic E-state index is 0.00219. The van der Waals surface area contributed by atoms with Gasteiger partial charge in [-0.15, -0.1) is 5.10 Å². The number of piperidine rings is 1. The third kappa shape index (κ3) is 2.45. The van der Waals surface area contributed by atoms with Gasteiger partial charge in [0.15, 0.2) is 5.65 Å². The quantitative estimate of drug-likeness (QED) is 0.641. The number of hydrogen-bond donors (Lipinski definition) is 0. The summed E-state index contributed by atoms with van der Waals surface area (Å²) in [4.78, 5) is 19.9. The van der Waals surface area contributed by atoms with E-state index in [0.29, 0.717) is 25.3 Å². The summed E-state index contributed by atoms with van der Waals surface area (Å²) < 4.78 is 9.60. The molecule has 2 atom stereocenters. The smallest absolute Gasteiger partial charge is 0.254 e. The normalized spacial score (nSPS) is 22.0. The van der Waals surface area contributed by atoms with Crippen molar-refractivity contribution >= 4 is 16.9 Å². The fourth-order valence-electron chi connectivity index (χ4n) is 4.27. The summed E-state index contributed by atoms with van der Waals surface area (Å²) in [5, 5.41) is 13.5. The van der Waals surface area contributed by atoms with Crippen molar-refractivity contribution in [3.05, 3.63) is 34.9 Å². The summed E-state index contributed by atoms with van der Waals surface area (Å²) in [7, 11) is 1.85. The maximum absolute atomic E-state index is 13.4. The first-order valence-electron chi connectivity index (χ1n) is 9.14. The first-order chi connectivity index (χ1) is 13.0. The van der Waals surface area contributed by atoms with Gasteiger partial charge in [0.25, 0.3) is 5.91 Å². The Morgan fingerprint density at radius 1 is 1.33 bits per heavy atom. The van der Waals surface area contributed by atoms with Gasteiger partial charge in [-0.1, -0.05) is 5.21 Å². The van der Waals surface area contributed by atoms with Gasteiger partial charge in [0.1, 0.15) is 0 Å². The SMILES string of the molecule is Cc1cc(C(=O)N2CC[C@H]3OCc4cnnn4[C@H]3C2)c2c(C)nn(C)c2n1. The van der Waals surface area contributed by atoms with E-state index in [0.717, 1.165) is 34.5 Å². The maximum atomic E-state index is 13.4. The second-order valence-corrected chi connectivity index (χ2v) is 7.35. The van der Waals surface area contributed by atoms with Crippen LogP contribution in [0.5, 0.6) is 0 Å². The van der Waals surface area contributed by atoms with Crippen LogP contribution in [0.15, 0.2) is 12.3 Å². The van der Waals surface area contributed by atoms with E-state index in [4.69, 9.17) is 4.74 Å². The number of pyridine rings is 1. The van der Waals surface area contributed by atoms with Crippen molar-refractivity contribution in [3.63, 3.8) is 0 Å². The van der Waals surface area contributed by atoms with Crippen molar-refractivity contribution in [2.75, 3.05) is 13.1 Å². The van der Waals surface area contributed by atoms with Crippen molar-refractivity contribution in [2.45, 2.75) is 39.0 Å². The summed E-state index contributed by atoms with van der Waals surface area (Å²) >= 11 is 0. The van der Waals surface area contributed by atoms with Crippen LogP contribution in [0.1, 0.15) is 39.9 Å². The minimum Gasteiger partial charge on any atom is -0.370 e. The second-order valence-electron chi connectivity index (χ2n) is 7.35. The predicted octanol–water partition coefficient (Wildman–Crippen LogP) is 1.16. The highest BCUT2D eigenvalue weighted by Gasteiger charge is 2.38. The molecule has 0 bridgehead atoms. The van der Waals surface area contributed by atoms with Crippen molar-refractivity contribution in [1.29, 1.82) is 0 Å². The molecule has 1 saturated heterocycles. The van der Waals surface area contributed by atoms with E-state index < -0.39 is 0 Å². The van der Waals surface area contributed by atoms with Crippen LogP contribution in [-0.2, 0) is 18.4 Å². The molecule has 140 valence electrons. The first-order valence-corrected chi connectivity index (χ1v) is 9.14. The number of ether oxygens (including phenoxy) is 1. The van der Waals surface area contributed by atoms with Crippen LogP contribution in [0, 0.1) is 13.8 Å². The predicted molar refractivity (Wildman–Crippen MR) is 96.1 cm³/mol. The summed E-state index contributed by atoms with van der Waals surface area (Å²) in [6.45, 7) is 5.57. The molecule has 0 aromatic carbocycles. The van der Waals surface area contributed by atoms with Gasteiger partial charge in [0.05, 0.1) is 47.3 Å². The Hall–Kier alpha value is -2.81. The molecule has 0 saturated carbocycles. The average Bonchev–Trinajstić information content (AvgIpc) is 3.25. The Morgan fingerprint density at radius 3 is 3.04 bits per heavy atom. The second kappa shape index (κ2) is 5.85. The molecule has 0 radical (unpaired) electrons. The van der Waals surface area contributed by atoms with Crippen LogP contribution in [0.3, 0.4) is 0 Å². The molecule has 9 heteroatoms. The van der Waals surface area contributed by atoms with Gasteiger partial charge in [-0.25, -0.2) is 9.67 Å². The van der Waals surface area contributed by atoms with Gasteiger partial charge in [0, 0.05) is 25.8 Å². The van der Waals surface area contributed by atoms with Crippen molar-refractivity contribution in [3.8, 4) is 0 Å². The lowest BCUT2D eigenvalue weighted by Gasteiger charge is -2.41. The Morgan fingerprint density at radius 2 is 2.19 bits per heavy atom. The Kier molecular flexibility index (Phi) is 3.55. The molecule has 1 amide bonds. The molecule has 3 aromatic rings. The van der Waals surface area contributed by atoms with E-state index in [1.54, 1.807) is 10.9 Å². The lowest BCUT2D eigenvalue weighted by atomic mass is 9.99. The minimum atomic E-state index is 0.00219. The Balaban J connectivity index is 1.52. The van der Waals surface area contributed by atoms with Crippen molar-refractivity contribution in [2.24, 2.45) is 7.05 Å². The fourth-order valence-corrected chi connectivity index (χ4v) is 4.27. The number of likely N-dealkylation sites (tertiary alicyclic amines) is 1. The molecule has 2 aliphatic heterocycles. The summed E-state index contributed by atoms with van der Waals surface area (Å²) in [6.07, 6.45) is 2.59. The van der Waals surface area contributed by atoms with Gasteiger partial charge in [0.2, 0.25) is 0 Å². The number of carbonyl (C=O) groups excluding carboxylic acids is 1. The average molecular weight is 367 g/mol. The van der Waals surface area contributed by atoms with Crippen molar-refractivity contribution < 1.29 is 9.53 Å². The first kappa shape index (κ1) is 16.4. The largest absolute Gasteiger partial charge is 0.370 e. The highest BCUT2D eigenvalue weighted by Crippen LogP contribution is 2.31. The van der Waals surface area contributed by atoms with Crippen LogP contribution >= 0.6 is 0 Å². The van der Waals surface area contributed by atoms with Gasteiger partial charge >= 0.3 is 0 Å². The molecular weight excluding hydrogens is 346 g/mol. The Bertz CT molecular complexity index is 1050. The molecule has 1 fully saturated rings. The van der Waals surface area contributed by atoms with Gasteiger partial charge in [-0.2, -0.15) is 5.10 Å². The molecule has 0 N–H and O–H groups in total. The zero-order valence-corrected chi connectivity index (χ0v) is 15.6. The third-order valence-corrected chi connectivity index (χ3v) is 5.54. The Labute approximate surface area is 155 Å². The van der Waals surface area contributed by atoms with Crippen molar-refractivity contribution in [1.82, 2.24) is 34.7 Å². The monoisotopic (exact) mass is 367 g/mol. The van der Waals surface area contributed by atoms with Crippen LogP contribution in [0.2, 0.25) is 0 Å². The highest BCUT2D eigenvalue weighted by atomic mass is 16.5. The number of aromatic nitrogens is 6. The zero-order valence-electron chi connectivity index (χ0n) is 15.6. The number of rotatable bonds is 1. The molecule has 5 heterocycles. The van der Waals surface area contributed by atoms with Crippen LogP contribution < -0.4 is 0 Å². The van der Waals surface area contributed by atoms with Crippen LogP contribution in [0.25, 0.3) is 11.0 Å². The molecular formula is C18H21N7O2. The van der Waals surface area contributed by atoms with Gasteiger partial charge < -0.3 is 9.64 Å². The lowest BCUT2D eigenvalue weighted by Crippen LogP contribution is -2.50. The van der Waals surface area contributed by atoms with Crippen LogP contribution in [0.4, 0.5) is 0 Å². The summed E-state index contributed by atoms with van der Waals surface area (Å²) in [6, 6.07) is 1.87. The standard InChI is InChI=1S/C18H21N7O2/c1-10-6-13(16-11(2)21-23(3)17(16)20-10)18(26)24-5-4-15-14(8-24)25-12(9-27-15)7-19-22-25/h6-7,14-15H,4-5,8-9H2,1-3H3/t14-,15+/m0/s1. The van der Waals surface area contributed by atoms with Crippen LogP contribution in [-0.4, -0.2) is 59.8 Å². The van der Waals surface area contributed by atoms with E-state index in [2.05, 4.69) is 20.4 Å². The molecule has 3 aromatic heterocycles. The molecule has 0 unspecified atom stereocenters. The molecule has 0 spiro atoms. The van der Waals surface area contributed by atoms with E-state index in [9.17, 15) is 4.79 Å². The number of aryl methyl sites for hydroxylation is 3. The topological polar surface area (TPSA) is 91.0 Å². The number of nitrogens with zero attached hydrogens (tertiary/aromatic N) is 7. The van der Waals surface area contributed by atoms with E-state index in [1.807, 2.05) is 36.5 Å². The number of fused-ring (bicyclic) bond motifs is 4. The summed E-state index contributed by atoms with van der Waals surface area (Å²) in [5.74, 6) is 0.00675. The fraction of sp³-hybridized carbons (Fsp3) is 0.500. The van der Waals surface area contributed by atoms with E-state index >= 15 is 0 Å². The van der Waals surface area contributed by atoms with E-state index in [-0.39, 0.29) is 18.1 Å². The van der Waals surface area contributed by atoms with E-state index in [1.165, 1.54) is 0 Å². The molecule has 5 rings (SSSR count). The number of amides is 1. The molecule has 9 nitrogen and oxygen atoms in total. The molecule has 0 aliphatic carbocycles. The molecule has 27 heavy (non-hydrogen) atoms. The summed E-state index contributed by atoms with van der Waals surface area (Å²) in [5.41, 5.74) is 3.99. The number of carbonyl (C=O) groups is 1. The molecule has 2 aliphatic rings. The lowest BCUT2D eigenvalue weighted by molar-refractivity contribution is -0.0604. The zero-order chi connectivity index (χ0) is 18.7. The van der Waals surface area contributed by atoms with Gasteiger partial charge in [-0.3, -0.25) is 9.48 Å².